The first-order chi connectivity index (χ1) is 15.8. The minimum atomic E-state index is -1.32. The number of rotatable bonds is 5. The summed E-state index contributed by atoms with van der Waals surface area (Å²) in [4.78, 5) is 26.2. The highest BCUT2D eigenvalue weighted by Gasteiger charge is 2.35. The molecule has 0 bridgehead atoms. The summed E-state index contributed by atoms with van der Waals surface area (Å²) in [5.41, 5.74) is 1.74. The molecule has 33 heavy (non-hydrogen) atoms. The maximum atomic E-state index is 13.0. The van der Waals surface area contributed by atoms with E-state index >= 15 is 0 Å². The van der Waals surface area contributed by atoms with Gasteiger partial charge in [-0.2, -0.15) is 19.9 Å². The van der Waals surface area contributed by atoms with E-state index in [4.69, 9.17) is 0 Å². The molecule has 0 fully saturated rings. The van der Waals surface area contributed by atoms with Crippen molar-refractivity contribution in [2.24, 2.45) is 15.6 Å². The molecule has 2 aromatic carbocycles. The Bertz CT molecular complexity index is 1430. The standard InChI is InChI=1S/C23H19N7O2S/c1-23(2,3)21(31)20(22(32)25-13-7-5-4-6-8-13)29-26-14-9-10-16-15(11-14)18-19(28-27-16)17(12-24)33-30-18/h4-11,20H,1-3H3,(H,25,32). The zero-order chi connectivity index (χ0) is 23.6. The first kappa shape index (κ1) is 22.1. The Labute approximate surface area is 193 Å². The normalized spacial score (nSPS) is 12.7. The maximum Gasteiger partial charge on any atom is 0.258 e. The SMILES string of the molecule is CC(C)(C)C(=O)C(N=Nc1ccc2nnc3c(C#N)snc3c2c1)C(=O)Nc1ccccc1. The van der Waals surface area contributed by atoms with E-state index in [0.717, 1.165) is 11.5 Å². The van der Waals surface area contributed by atoms with Crippen molar-refractivity contribution < 1.29 is 9.59 Å². The van der Waals surface area contributed by atoms with Crippen LogP contribution in [0.1, 0.15) is 25.6 Å². The summed E-state index contributed by atoms with van der Waals surface area (Å²) in [5, 5.41) is 29.1. The van der Waals surface area contributed by atoms with E-state index in [1.165, 1.54) is 0 Å². The molecule has 2 heterocycles. The lowest BCUT2D eigenvalue weighted by atomic mass is 9.86. The molecule has 0 saturated carbocycles. The van der Waals surface area contributed by atoms with E-state index in [2.05, 4.69) is 36.2 Å². The summed E-state index contributed by atoms with van der Waals surface area (Å²) < 4.78 is 4.32. The molecule has 10 heteroatoms. The van der Waals surface area contributed by atoms with Gasteiger partial charge in [0.1, 0.15) is 17.1 Å². The number of para-hydroxylation sites is 1. The monoisotopic (exact) mass is 457 g/mol. The second-order valence-electron chi connectivity index (χ2n) is 8.31. The quantitative estimate of drug-likeness (QED) is 0.337. The number of nitrogens with zero attached hydrogens (tertiary/aromatic N) is 6. The van der Waals surface area contributed by atoms with E-state index in [1.807, 2.05) is 6.07 Å². The minimum Gasteiger partial charge on any atom is -0.324 e. The summed E-state index contributed by atoms with van der Waals surface area (Å²) in [7, 11) is 0. The van der Waals surface area contributed by atoms with Gasteiger partial charge in [-0.1, -0.05) is 39.0 Å². The van der Waals surface area contributed by atoms with E-state index in [1.54, 1.807) is 63.2 Å². The number of carbonyl (C=O) groups is 2. The fraction of sp³-hybridized carbons (Fsp3) is 0.217. The Hall–Kier alpha value is -4.10. The van der Waals surface area contributed by atoms with Gasteiger partial charge in [-0.15, -0.1) is 10.2 Å². The predicted molar refractivity (Wildman–Crippen MR) is 125 cm³/mol. The second-order valence-corrected chi connectivity index (χ2v) is 9.08. The van der Waals surface area contributed by atoms with Crippen LogP contribution >= 0.6 is 11.5 Å². The molecule has 0 aliphatic rings. The number of azo groups is 1. The lowest BCUT2D eigenvalue weighted by molar-refractivity contribution is -0.132. The molecule has 0 aliphatic carbocycles. The molecule has 0 aliphatic heterocycles. The van der Waals surface area contributed by atoms with Gasteiger partial charge in [0.15, 0.2) is 10.7 Å². The summed E-state index contributed by atoms with van der Waals surface area (Å²) >= 11 is 1.05. The number of nitrogens with one attached hydrogen (secondary N) is 1. The Morgan fingerprint density at radius 3 is 2.55 bits per heavy atom. The second kappa shape index (κ2) is 8.80. The van der Waals surface area contributed by atoms with Crippen molar-refractivity contribution in [3.05, 3.63) is 53.4 Å². The average molecular weight is 458 g/mol. The molecule has 164 valence electrons. The molecular formula is C23H19N7O2S. The molecule has 0 spiro atoms. The fourth-order valence-electron chi connectivity index (χ4n) is 3.09. The van der Waals surface area contributed by atoms with Crippen LogP contribution in [0.5, 0.6) is 0 Å². The zero-order valence-electron chi connectivity index (χ0n) is 18.1. The first-order valence-corrected chi connectivity index (χ1v) is 10.8. The van der Waals surface area contributed by atoms with Gasteiger partial charge in [0.2, 0.25) is 6.04 Å². The molecule has 2 aromatic heterocycles. The Morgan fingerprint density at radius 2 is 1.85 bits per heavy atom. The van der Waals surface area contributed by atoms with Crippen LogP contribution in [-0.4, -0.2) is 32.3 Å². The molecule has 9 nitrogen and oxygen atoms in total. The summed E-state index contributed by atoms with van der Waals surface area (Å²) in [6.45, 7) is 5.19. The van der Waals surface area contributed by atoms with Gasteiger partial charge in [0.05, 0.1) is 11.2 Å². The lowest BCUT2D eigenvalue weighted by Crippen LogP contribution is -2.40. The summed E-state index contributed by atoms with van der Waals surface area (Å²) in [5.74, 6) is -0.913. The number of carbonyl (C=O) groups excluding carboxylic acids is 2. The number of hydrogen-bond acceptors (Lipinski definition) is 9. The molecule has 4 aromatic rings. The zero-order valence-corrected chi connectivity index (χ0v) is 18.9. The van der Waals surface area contributed by atoms with Crippen molar-refractivity contribution in [1.29, 1.82) is 5.26 Å². The highest BCUT2D eigenvalue weighted by Crippen LogP contribution is 2.29. The minimum absolute atomic E-state index is 0.355. The van der Waals surface area contributed by atoms with Crippen molar-refractivity contribution >= 4 is 56.5 Å². The Kier molecular flexibility index (Phi) is 5.89. The van der Waals surface area contributed by atoms with Gasteiger partial charge in [-0.05, 0) is 41.9 Å². The molecular weight excluding hydrogens is 438 g/mol. The number of anilines is 1. The van der Waals surface area contributed by atoms with Crippen LogP contribution in [0.2, 0.25) is 0 Å². The number of Topliss-reactive ketones (excluding diaryl/α,β-unsaturated/α-hetero) is 1. The molecule has 4 rings (SSSR count). The van der Waals surface area contributed by atoms with Gasteiger partial charge in [-0.3, -0.25) is 9.59 Å². The molecule has 1 N–H and O–H groups in total. The number of benzene rings is 2. The molecule has 1 amide bonds. The van der Waals surface area contributed by atoms with Crippen LogP contribution < -0.4 is 5.32 Å². The summed E-state index contributed by atoms with van der Waals surface area (Å²) in [6.07, 6.45) is 0. The highest BCUT2D eigenvalue weighted by atomic mass is 32.1. The van der Waals surface area contributed by atoms with Gasteiger partial charge in [0.25, 0.3) is 5.91 Å². The van der Waals surface area contributed by atoms with E-state index in [0.29, 0.717) is 38.2 Å². The molecule has 0 saturated heterocycles. The first-order valence-electron chi connectivity index (χ1n) is 10.0. The van der Waals surface area contributed by atoms with Gasteiger partial charge < -0.3 is 5.32 Å². The molecule has 1 unspecified atom stereocenters. The van der Waals surface area contributed by atoms with E-state index < -0.39 is 17.4 Å². The van der Waals surface area contributed by atoms with Crippen LogP contribution in [-0.2, 0) is 9.59 Å². The average Bonchev–Trinajstić information content (AvgIpc) is 3.23. The summed E-state index contributed by atoms with van der Waals surface area (Å²) in [6, 6.07) is 14.7. The number of nitriles is 1. The number of amides is 1. The molecule has 0 radical (unpaired) electrons. The number of fused-ring (bicyclic) bond motifs is 3. The third kappa shape index (κ3) is 4.58. The van der Waals surface area contributed by atoms with Crippen LogP contribution in [0.3, 0.4) is 0 Å². The van der Waals surface area contributed by atoms with Gasteiger partial charge in [-0.25, -0.2) is 0 Å². The van der Waals surface area contributed by atoms with Crippen molar-refractivity contribution in [1.82, 2.24) is 14.6 Å². The third-order valence-electron chi connectivity index (χ3n) is 4.83. The largest absolute Gasteiger partial charge is 0.324 e. The number of hydrogen-bond donors (Lipinski definition) is 1. The Balaban J connectivity index is 1.69. The van der Waals surface area contributed by atoms with Gasteiger partial charge >= 0.3 is 0 Å². The third-order valence-corrected chi connectivity index (χ3v) is 5.57. The number of ketones is 1. The van der Waals surface area contributed by atoms with Crippen LogP contribution in [0.4, 0.5) is 11.4 Å². The van der Waals surface area contributed by atoms with E-state index in [-0.39, 0.29) is 5.78 Å². The van der Waals surface area contributed by atoms with Crippen molar-refractivity contribution in [3.8, 4) is 6.07 Å². The number of aromatic nitrogens is 3. The van der Waals surface area contributed by atoms with Crippen LogP contribution in [0.15, 0.2) is 58.8 Å². The van der Waals surface area contributed by atoms with E-state index in [9.17, 15) is 14.9 Å². The van der Waals surface area contributed by atoms with Crippen molar-refractivity contribution in [3.63, 3.8) is 0 Å². The Morgan fingerprint density at radius 1 is 1.09 bits per heavy atom. The van der Waals surface area contributed by atoms with Crippen molar-refractivity contribution in [2.45, 2.75) is 26.8 Å². The smallest absolute Gasteiger partial charge is 0.258 e. The van der Waals surface area contributed by atoms with Crippen LogP contribution in [0, 0.1) is 16.7 Å². The molecule has 1 atom stereocenters. The fourth-order valence-corrected chi connectivity index (χ4v) is 3.72. The lowest BCUT2D eigenvalue weighted by Gasteiger charge is -2.20. The topological polar surface area (TPSA) is 133 Å². The maximum absolute atomic E-state index is 13.0. The predicted octanol–water partition coefficient (Wildman–Crippen LogP) is 4.82. The highest BCUT2D eigenvalue weighted by molar-refractivity contribution is 7.07. The van der Waals surface area contributed by atoms with Crippen molar-refractivity contribution in [2.75, 3.05) is 5.32 Å². The van der Waals surface area contributed by atoms with Gasteiger partial charge in [0, 0.05) is 16.5 Å². The van der Waals surface area contributed by atoms with Crippen LogP contribution in [0.25, 0.3) is 21.9 Å².